The third kappa shape index (κ3) is 3.52. The molecule has 0 unspecified atom stereocenters. The first-order valence-corrected chi connectivity index (χ1v) is 7.19. The van der Waals surface area contributed by atoms with Crippen LogP contribution >= 0.6 is 11.6 Å². The molecule has 0 aromatic carbocycles. The van der Waals surface area contributed by atoms with Crippen LogP contribution in [0.1, 0.15) is 30.8 Å². The first-order chi connectivity index (χ1) is 10.0. The molecule has 4 nitrogen and oxygen atoms in total. The van der Waals surface area contributed by atoms with Crippen LogP contribution in [-0.2, 0) is 6.42 Å². The Hall–Kier alpha value is -2.07. The summed E-state index contributed by atoms with van der Waals surface area (Å²) >= 11 is 6.40. The molecule has 0 aliphatic heterocycles. The van der Waals surface area contributed by atoms with Crippen molar-refractivity contribution < 1.29 is 0 Å². The second kappa shape index (κ2) is 6.59. The number of nitrogens with one attached hydrogen (secondary N) is 2. The normalized spacial score (nSPS) is 11.5. The van der Waals surface area contributed by atoms with Crippen LogP contribution < -0.4 is 5.32 Å². The van der Waals surface area contributed by atoms with E-state index in [1.54, 1.807) is 12.4 Å². The fraction of sp³-hybridized carbons (Fsp3) is 0.250. The molecule has 5 heteroatoms. The lowest BCUT2D eigenvalue weighted by atomic mass is 10.1. The first kappa shape index (κ1) is 15.3. The standard InChI is InChI=1S/C16H19ClN4/c1-5-14-16(17)15(11(3)20-14)10(2)19-12(4)21-13-7-6-8-18-9-13/h6-9,20-21H,4-5H2,1-3H3/b19-10-. The molecule has 0 aliphatic carbocycles. The summed E-state index contributed by atoms with van der Waals surface area (Å²) in [5, 5.41) is 3.85. The average molecular weight is 303 g/mol. The molecule has 0 bridgehead atoms. The molecule has 2 N–H and O–H groups in total. The quantitative estimate of drug-likeness (QED) is 0.808. The molecular formula is C16H19ClN4. The molecule has 0 atom stereocenters. The predicted octanol–water partition coefficient (Wildman–Crippen LogP) is 4.33. The molecule has 110 valence electrons. The van der Waals surface area contributed by atoms with Crippen molar-refractivity contribution in [2.45, 2.75) is 27.2 Å². The van der Waals surface area contributed by atoms with E-state index in [2.05, 4.69) is 33.8 Å². The zero-order chi connectivity index (χ0) is 15.4. The van der Waals surface area contributed by atoms with Gasteiger partial charge in [-0.3, -0.25) is 4.98 Å². The van der Waals surface area contributed by atoms with Gasteiger partial charge in [0.25, 0.3) is 0 Å². The number of halogens is 1. The third-order valence-electron chi connectivity index (χ3n) is 3.17. The van der Waals surface area contributed by atoms with Gasteiger partial charge in [0.2, 0.25) is 0 Å². The number of pyridine rings is 1. The van der Waals surface area contributed by atoms with Crippen LogP contribution in [0.15, 0.2) is 41.9 Å². The Balaban J connectivity index is 2.21. The minimum Gasteiger partial charge on any atom is -0.361 e. The van der Waals surface area contributed by atoms with Crippen molar-refractivity contribution in [3.05, 3.63) is 58.9 Å². The molecule has 0 amide bonds. The maximum atomic E-state index is 6.40. The molecule has 0 spiro atoms. The van der Waals surface area contributed by atoms with Crippen molar-refractivity contribution in [2.24, 2.45) is 4.99 Å². The second-order valence-corrected chi connectivity index (χ2v) is 5.16. The summed E-state index contributed by atoms with van der Waals surface area (Å²) in [6.45, 7) is 9.91. The zero-order valence-corrected chi connectivity index (χ0v) is 13.3. The Morgan fingerprint density at radius 1 is 1.52 bits per heavy atom. The van der Waals surface area contributed by atoms with Crippen LogP contribution in [-0.4, -0.2) is 15.7 Å². The Morgan fingerprint density at radius 3 is 2.86 bits per heavy atom. The number of aryl methyl sites for hydroxylation is 2. The van der Waals surface area contributed by atoms with E-state index in [0.29, 0.717) is 5.82 Å². The van der Waals surface area contributed by atoms with Gasteiger partial charge in [-0.15, -0.1) is 0 Å². The fourth-order valence-electron chi connectivity index (χ4n) is 2.22. The smallest absolute Gasteiger partial charge is 0.123 e. The predicted molar refractivity (Wildman–Crippen MR) is 89.1 cm³/mol. The number of hydrogen-bond acceptors (Lipinski definition) is 3. The van der Waals surface area contributed by atoms with Crippen LogP contribution in [0.5, 0.6) is 0 Å². The summed E-state index contributed by atoms with van der Waals surface area (Å²) in [6.07, 6.45) is 4.30. The molecule has 0 saturated heterocycles. The van der Waals surface area contributed by atoms with E-state index in [-0.39, 0.29) is 0 Å². The van der Waals surface area contributed by atoms with Crippen LogP contribution in [0, 0.1) is 6.92 Å². The number of aromatic nitrogens is 2. The van der Waals surface area contributed by atoms with E-state index < -0.39 is 0 Å². The molecule has 2 heterocycles. The number of aromatic amines is 1. The van der Waals surface area contributed by atoms with Crippen molar-refractivity contribution in [3.63, 3.8) is 0 Å². The molecule has 2 rings (SSSR count). The SMILES string of the molecule is C=C(/N=C(/C)c1c(C)[nH]c(CC)c1Cl)Nc1cccnc1. The van der Waals surface area contributed by atoms with Gasteiger partial charge in [0.15, 0.2) is 0 Å². The molecule has 2 aromatic heterocycles. The van der Waals surface area contributed by atoms with Gasteiger partial charge in [-0.25, -0.2) is 4.99 Å². The number of anilines is 1. The number of rotatable bonds is 5. The van der Waals surface area contributed by atoms with Gasteiger partial charge in [-0.1, -0.05) is 25.1 Å². The Kier molecular flexibility index (Phi) is 4.81. The molecule has 21 heavy (non-hydrogen) atoms. The first-order valence-electron chi connectivity index (χ1n) is 6.81. The minimum atomic E-state index is 0.551. The molecule has 2 aromatic rings. The van der Waals surface area contributed by atoms with Gasteiger partial charge >= 0.3 is 0 Å². The number of H-pyrrole nitrogens is 1. The number of hydrogen-bond donors (Lipinski definition) is 2. The van der Waals surface area contributed by atoms with Gasteiger partial charge in [0.05, 0.1) is 22.6 Å². The number of aliphatic imine (C=N–C) groups is 1. The van der Waals surface area contributed by atoms with Crippen molar-refractivity contribution in [3.8, 4) is 0 Å². The van der Waals surface area contributed by atoms with Crippen molar-refractivity contribution in [1.29, 1.82) is 0 Å². The van der Waals surface area contributed by atoms with E-state index in [1.165, 1.54) is 0 Å². The topological polar surface area (TPSA) is 53.1 Å². The van der Waals surface area contributed by atoms with Crippen molar-refractivity contribution in [2.75, 3.05) is 5.32 Å². The highest BCUT2D eigenvalue weighted by molar-refractivity contribution is 6.35. The van der Waals surface area contributed by atoms with Crippen LogP contribution in [0.2, 0.25) is 5.02 Å². The maximum Gasteiger partial charge on any atom is 0.123 e. The average Bonchev–Trinajstić information content (AvgIpc) is 2.74. The highest BCUT2D eigenvalue weighted by Gasteiger charge is 2.14. The van der Waals surface area contributed by atoms with Gasteiger partial charge in [0.1, 0.15) is 5.82 Å². The van der Waals surface area contributed by atoms with Gasteiger partial charge < -0.3 is 10.3 Å². The summed E-state index contributed by atoms with van der Waals surface area (Å²) in [6, 6.07) is 3.76. The van der Waals surface area contributed by atoms with Crippen molar-refractivity contribution >= 4 is 23.0 Å². The molecule has 0 aliphatic rings. The lowest BCUT2D eigenvalue weighted by molar-refractivity contribution is 1.04. The third-order valence-corrected chi connectivity index (χ3v) is 3.58. The van der Waals surface area contributed by atoms with E-state index in [4.69, 9.17) is 11.6 Å². The molecular weight excluding hydrogens is 284 g/mol. The maximum absolute atomic E-state index is 6.40. The minimum absolute atomic E-state index is 0.551. The second-order valence-electron chi connectivity index (χ2n) is 4.78. The monoisotopic (exact) mass is 302 g/mol. The Bertz CT molecular complexity index is 671. The fourth-order valence-corrected chi connectivity index (χ4v) is 2.68. The zero-order valence-electron chi connectivity index (χ0n) is 12.5. The number of nitrogens with zero attached hydrogens (tertiary/aromatic N) is 2. The Labute approximate surface area is 130 Å². The van der Waals surface area contributed by atoms with Gasteiger partial charge in [-0.2, -0.15) is 0 Å². The summed E-state index contributed by atoms with van der Waals surface area (Å²) in [5.41, 5.74) is 4.68. The van der Waals surface area contributed by atoms with E-state index in [0.717, 1.165) is 39.8 Å². The largest absolute Gasteiger partial charge is 0.361 e. The highest BCUT2D eigenvalue weighted by Crippen LogP contribution is 2.26. The van der Waals surface area contributed by atoms with Gasteiger partial charge in [-0.05, 0) is 32.4 Å². The van der Waals surface area contributed by atoms with Crippen LogP contribution in [0.25, 0.3) is 0 Å². The van der Waals surface area contributed by atoms with Crippen molar-refractivity contribution in [1.82, 2.24) is 9.97 Å². The summed E-state index contributed by atoms with van der Waals surface area (Å²) in [5.74, 6) is 0.551. The molecule has 0 saturated carbocycles. The van der Waals surface area contributed by atoms with Crippen LogP contribution in [0.3, 0.4) is 0 Å². The van der Waals surface area contributed by atoms with E-state index in [1.807, 2.05) is 26.0 Å². The van der Waals surface area contributed by atoms with E-state index >= 15 is 0 Å². The Morgan fingerprint density at radius 2 is 2.29 bits per heavy atom. The summed E-state index contributed by atoms with van der Waals surface area (Å²) in [7, 11) is 0. The molecule has 0 fully saturated rings. The lowest BCUT2D eigenvalue weighted by Gasteiger charge is -2.07. The summed E-state index contributed by atoms with van der Waals surface area (Å²) in [4.78, 5) is 11.8. The van der Waals surface area contributed by atoms with E-state index in [9.17, 15) is 0 Å². The highest BCUT2D eigenvalue weighted by atomic mass is 35.5. The van der Waals surface area contributed by atoms with Crippen LogP contribution in [0.4, 0.5) is 5.69 Å². The summed E-state index contributed by atoms with van der Waals surface area (Å²) < 4.78 is 0. The lowest BCUT2D eigenvalue weighted by Crippen LogP contribution is -2.02. The molecule has 0 radical (unpaired) electrons. The van der Waals surface area contributed by atoms with Gasteiger partial charge in [0, 0.05) is 23.1 Å².